The molecule has 0 atom stereocenters. The maximum atomic E-state index is 10.9. The zero-order chi connectivity index (χ0) is 15.6. The largest absolute Gasteiger partial charge is 0.481 e. The van der Waals surface area contributed by atoms with Crippen LogP contribution in [-0.2, 0) is 14.3 Å². The fraction of sp³-hybridized carbons (Fsp3) is 0.867. The van der Waals surface area contributed by atoms with E-state index in [1.165, 1.54) is 19.3 Å². The molecule has 0 spiro atoms. The molecule has 0 saturated heterocycles. The number of esters is 1. The highest BCUT2D eigenvalue weighted by Gasteiger charge is 2.01. The second-order valence-corrected chi connectivity index (χ2v) is 4.89. The van der Waals surface area contributed by atoms with E-state index in [0.717, 1.165) is 25.1 Å². The van der Waals surface area contributed by atoms with Crippen LogP contribution in [0.2, 0.25) is 0 Å². The van der Waals surface area contributed by atoms with Crippen LogP contribution in [0.25, 0.3) is 0 Å². The van der Waals surface area contributed by atoms with E-state index in [1.807, 2.05) is 0 Å². The third-order valence-corrected chi connectivity index (χ3v) is 2.83. The van der Waals surface area contributed by atoms with Crippen molar-refractivity contribution in [1.29, 1.82) is 0 Å². The van der Waals surface area contributed by atoms with E-state index in [2.05, 4.69) is 6.92 Å². The topological polar surface area (TPSA) is 63.6 Å². The lowest BCUT2D eigenvalue weighted by Gasteiger charge is -2.01. The zero-order valence-corrected chi connectivity index (χ0v) is 13.6. The van der Waals surface area contributed by atoms with Crippen LogP contribution in [-0.4, -0.2) is 29.5 Å². The standard InChI is InChI=1S/C10H18O4.C5H11Cl/c1-2-14-10(13)8-6-4-3-5-7-9(11)12;1-2-3-4-5-6/h2-8H2,1H3,(H,11,12);2-5H2,1H3. The Labute approximate surface area is 127 Å². The first-order valence-corrected chi connectivity index (χ1v) is 8.05. The summed E-state index contributed by atoms with van der Waals surface area (Å²) in [6.45, 7) is 4.38. The molecule has 0 heterocycles. The van der Waals surface area contributed by atoms with Gasteiger partial charge < -0.3 is 9.84 Å². The first-order valence-electron chi connectivity index (χ1n) is 7.51. The van der Waals surface area contributed by atoms with Crippen molar-refractivity contribution in [3.05, 3.63) is 0 Å². The van der Waals surface area contributed by atoms with Gasteiger partial charge >= 0.3 is 11.9 Å². The molecule has 0 aromatic carbocycles. The molecule has 0 radical (unpaired) electrons. The minimum absolute atomic E-state index is 0.161. The second-order valence-electron chi connectivity index (χ2n) is 4.51. The van der Waals surface area contributed by atoms with Gasteiger partial charge in [-0.1, -0.05) is 32.6 Å². The van der Waals surface area contributed by atoms with Crippen LogP contribution in [0.3, 0.4) is 0 Å². The van der Waals surface area contributed by atoms with Crippen molar-refractivity contribution in [2.24, 2.45) is 0 Å². The Kier molecular flexibility index (Phi) is 19.6. The summed E-state index contributed by atoms with van der Waals surface area (Å²) < 4.78 is 4.75. The first kappa shape index (κ1) is 21.5. The van der Waals surface area contributed by atoms with Gasteiger partial charge in [-0.2, -0.15) is 0 Å². The van der Waals surface area contributed by atoms with Gasteiger partial charge in [0.05, 0.1) is 6.61 Å². The smallest absolute Gasteiger partial charge is 0.305 e. The second kappa shape index (κ2) is 18.2. The molecule has 0 unspecified atom stereocenters. The van der Waals surface area contributed by atoms with Crippen molar-refractivity contribution >= 4 is 23.5 Å². The number of halogens is 1. The molecule has 5 heteroatoms. The van der Waals surface area contributed by atoms with Crippen LogP contribution in [0, 0.1) is 0 Å². The third kappa shape index (κ3) is 22.4. The molecule has 0 aromatic rings. The summed E-state index contributed by atoms with van der Waals surface area (Å²) in [4.78, 5) is 21.0. The lowest BCUT2D eigenvalue weighted by molar-refractivity contribution is -0.143. The first-order chi connectivity index (χ1) is 9.58. The highest BCUT2D eigenvalue weighted by atomic mass is 35.5. The molecule has 0 aliphatic heterocycles. The Hall–Kier alpha value is -0.770. The van der Waals surface area contributed by atoms with Crippen molar-refractivity contribution < 1.29 is 19.4 Å². The monoisotopic (exact) mass is 308 g/mol. The number of carboxylic acids is 1. The van der Waals surface area contributed by atoms with Crippen LogP contribution in [0.5, 0.6) is 0 Å². The Morgan fingerprint density at radius 2 is 1.55 bits per heavy atom. The van der Waals surface area contributed by atoms with Gasteiger partial charge in [0.2, 0.25) is 0 Å². The van der Waals surface area contributed by atoms with Crippen LogP contribution in [0.1, 0.15) is 71.6 Å². The van der Waals surface area contributed by atoms with E-state index >= 15 is 0 Å². The Morgan fingerprint density at radius 1 is 0.950 bits per heavy atom. The van der Waals surface area contributed by atoms with Crippen LogP contribution in [0.15, 0.2) is 0 Å². The van der Waals surface area contributed by atoms with E-state index in [1.54, 1.807) is 6.92 Å². The summed E-state index contributed by atoms with van der Waals surface area (Å²) in [5.41, 5.74) is 0. The van der Waals surface area contributed by atoms with Gasteiger partial charge in [-0.3, -0.25) is 9.59 Å². The van der Waals surface area contributed by atoms with Crippen molar-refractivity contribution in [1.82, 2.24) is 0 Å². The maximum Gasteiger partial charge on any atom is 0.305 e. The summed E-state index contributed by atoms with van der Waals surface area (Å²) in [7, 11) is 0. The van der Waals surface area contributed by atoms with E-state index < -0.39 is 5.97 Å². The number of unbranched alkanes of at least 4 members (excludes halogenated alkanes) is 5. The number of hydrogen-bond donors (Lipinski definition) is 1. The molecular formula is C15H29ClO4. The molecule has 4 nitrogen and oxygen atoms in total. The van der Waals surface area contributed by atoms with E-state index in [-0.39, 0.29) is 12.4 Å². The van der Waals surface area contributed by atoms with Crippen molar-refractivity contribution in [2.45, 2.75) is 71.6 Å². The summed E-state index contributed by atoms with van der Waals surface area (Å²) in [5.74, 6) is -0.0884. The summed E-state index contributed by atoms with van der Waals surface area (Å²) in [6.07, 6.45) is 7.64. The normalized spacial score (nSPS) is 9.55. The average Bonchev–Trinajstić information content (AvgIpc) is 2.41. The number of aliphatic carboxylic acids is 1. The van der Waals surface area contributed by atoms with Crippen molar-refractivity contribution in [3.8, 4) is 0 Å². The molecule has 0 amide bonds. The SMILES string of the molecule is CCCCCCl.CCOC(=O)CCCCCCC(=O)O. The molecule has 0 aliphatic carbocycles. The van der Waals surface area contributed by atoms with Crippen molar-refractivity contribution in [2.75, 3.05) is 12.5 Å². The molecule has 1 N–H and O–H groups in total. The van der Waals surface area contributed by atoms with Gasteiger partial charge in [-0.05, 0) is 26.2 Å². The fourth-order valence-corrected chi connectivity index (χ4v) is 1.67. The van der Waals surface area contributed by atoms with Crippen LogP contribution < -0.4 is 0 Å². The summed E-state index contributed by atoms with van der Waals surface area (Å²) in [6, 6.07) is 0. The van der Waals surface area contributed by atoms with Gasteiger partial charge in [0, 0.05) is 18.7 Å². The number of carboxylic acid groups (broad SMARTS) is 1. The zero-order valence-electron chi connectivity index (χ0n) is 12.8. The number of ether oxygens (including phenoxy) is 1. The van der Waals surface area contributed by atoms with E-state index in [4.69, 9.17) is 21.4 Å². The van der Waals surface area contributed by atoms with Crippen LogP contribution in [0.4, 0.5) is 0 Å². The lowest BCUT2D eigenvalue weighted by Crippen LogP contribution is -2.03. The summed E-state index contributed by atoms with van der Waals surface area (Å²) in [5, 5.41) is 8.35. The predicted octanol–water partition coefficient (Wildman–Crippen LogP) is 4.39. The van der Waals surface area contributed by atoms with E-state index in [9.17, 15) is 9.59 Å². The molecule has 20 heavy (non-hydrogen) atoms. The number of alkyl halides is 1. The average molecular weight is 309 g/mol. The molecule has 0 fully saturated rings. The number of rotatable bonds is 11. The highest BCUT2D eigenvalue weighted by Crippen LogP contribution is 2.06. The minimum Gasteiger partial charge on any atom is -0.481 e. The lowest BCUT2D eigenvalue weighted by atomic mass is 10.1. The van der Waals surface area contributed by atoms with Gasteiger partial charge in [0.25, 0.3) is 0 Å². The number of carbonyl (C=O) groups excluding carboxylic acids is 1. The highest BCUT2D eigenvalue weighted by molar-refractivity contribution is 6.17. The molecule has 0 bridgehead atoms. The number of carbonyl (C=O) groups is 2. The Balaban J connectivity index is 0. The summed E-state index contributed by atoms with van der Waals surface area (Å²) >= 11 is 5.38. The molecular weight excluding hydrogens is 280 g/mol. The molecule has 0 saturated carbocycles. The quantitative estimate of drug-likeness (QED) is 0.349. The Bertz CT molecular complexity index is 228. The minimum atomic E-state index is -0.754. The molecule has 0 rings (SSSR count). The Morgan fingerprint density at radius 3 is 1.95 bits per heavy atom. The van der Waals surface area contributed by atoms with Gasteiger partial charge in [-0.15, -0.1) is 11.6 Å². The van der Waals surface area contributed by atoms with Gasteiger partial charge in [0.15, 0.2) is 0 Å². The third-order valence-electron chi connectivity index (χ3n) is 2.56. The molecule has 120 valence electrons. The fourth-order valence-electron chi connectivity index (χ4n) is 1.48. The van der Waals surface area contributed by atoms with Gasteiger partial charge in [0.1, 0.15) is 0 Å². The van der Waals surface area contributed by atoms with Gasteiger partial charge in [-0.25, -0.2) is 0 Å². The molecule has 0 aliphatic rings. The van der Waals surface area contributed by atoms with Crippen molar-refractivity contribution in [3.63, 3.8) is 0 Å². The van der Waals surface area contributed by atoms with E-state index in [0.29, 0.717) is 19.4 Å². The predicted molar refractivity (Wildman–Crippen MR) is 82.2 cm³/mol. The maximum absolute atomic E-state index is 10.9. The molecule has 0 aromatic heterocycles. The van der Waals surface area contributed by atoms with Crippen LogP contribution >= 0.6 is 11.6 Å². The number of hydrogen-bond acceptors (Lipinski definition) is 3.